The minimum Gasteiger partial charge on any atom is -0.494 e. The SMILES string of the molecule is OCCCN(CCCOc1ccc(F)cc1)CC(F)(F)F. The van der Waals surface area contributed by atoms with Crippen LogP contribution in [0, 0.1) is 5.82 Å². The van der Waals surface area contributed by atoms with Crippen LogP contribution in [-0.2, 0) is 0 Å². The number of hydrogen-bond acceptors (Lipinski definition) is 3. The second-order valence-corrected chi connectivity index (χ2v) is 4.62. The molecule has 0 amide bonds. The molecule has 0 radical (unpaired) electrons. The van der Waals surface area contributed by atoms with Crippen molar-refractivity contribution in [2.75, 3.05) is 32.8 Å². The molecule has 0 aromatic heterocycles. The Hall–Kier alpha value is -1.34. The van der Waals surface area contributed by atoms with E-state index in [0.29, 0.717) is 18.6 Å². The Morgan fingerprint density at radius 1 is 1.05 bits per heavy atom. The zero-order valence-corrected chi connectivity index (χ0v) is 11.6. The molecule has 120 valence electrons. The molecule has 0 fully saturated rings. The Morgan fingerprint density at radius 2 is 1.67 bits per heavy atom. The van der Waals surface area contributed by atoms with Gasteiger partial charge in [0.15, 0.2) is 0 Å². The van der Waals surface area contributed by atoms with Crippen molar-refractivity contribution in [2.45, 2.75) is 19.0 Å². The number of rotatable bonds is 9. The van der Waals surface area contributed by atoms with E-state index in [1.807, 2.05) is 0 Å². The molecule has 0 atom stereocenters. The van der Waals surface area contributed by atoms with Crippen molar-refractivity contribution in [2.24, 2.45) is 0 Å². The number of nitrogens with zero attached hydrogens (tertiary/aromatic N) is 1. The van der Waals surface area contributed by atoms with E-state index in [-0.39, 0.29) is 32.1 Å². The lowest BCUT2D eigenvalue weighted by molar-refractivity contribution is -0.146. The van der Waals surface area contributed by atoms with Crippen molar-refractivity contribution < 1.29 is 27.4 Å². The summed E-state index contributed by atoms with van der Waals surface area (Å²) in [6, 6.07) is 5.45. The van der Waals surface area contributed by atoms with Crippen LogP contribution in [0.5, 0.6) is 5.75 Å². The predicted octanol–water partition coefficient (Wildman–Crippen LogP) is 2.84. The average molecular weight is 309 g/mol. The first-order valence-corrected chi connectivity index (χ1v) is 6.69. The van der Waals surface area contributed by atoms with Crippen LogP contribution in [0.15, 0.2) is 24.3 Å². The lowest BCUT2D eigenvalue weighted by atomic mass is 10.3. The van der Waals surface area contributed by atoms with Gasteiger partial charge in [0.2, 0.25) is 0 Å². The maximum absolute atomic E-state index is 12.7. The van der Waals surface area contributed by atoms with Crippen LogP contribution in [-0.4, -0.2) is 49.0 Å². The molecule has 21 heavy (non-hydrogen) atoms. The van der Waals surface area contributed by atoms with Crippen molar-refractivity contribution >= 4 is 0 Å². The molecule has 0 unspecified atom stereocenters. The van der Waals surface area contributed by atoms with Crippen LogP contribution in [0.3, 0.4) is 0 Å². The van der Waals surface area contributed by atoms with Gasteiger partial charge in [0.1, 0.15) is 11.6 Å². The van der Waals surface area contributed by atoms with E-state index in [1.54, 1.807) is 0 Å². The average Bonchev–Trinajstić information content (AvgIpc) is 2.41. The summed E-state index contributed by atoms with van der Waals surface area (Å²) < 4.78 is 55.1. The number of aliphatic hydroxyl groups excluding tert-OH is 1. The van der Waals surface area contributed by atoms with E-state index in [4.69, 9.17) is 9.84 Å². The lowest BCUT2D eigenvalue weighted by Gasteiger charge is -2.23. The van der Waals surface area contributed by atoms with Crippen LogP contribution in [0.25, 0.3) is 0 Å². The summed E-state index contributed by atoms with van der Waals surface area (Å²) in [5, 5.41) is 8.69. The number of benzene rings is 1. The highest BCUT2D eigenvalue weighted by Gasteiger charge is 2.30. The summed E-state index contributed by atoms with van der Waals surface area (Å²) >= 11 is 0. The minimum atomic E-state index is -4.26. The summed E-state index contributed by atoms with van der Waals surface area (Å²) in [6.07, 6.45) is -3.54. The third-order valence-electron chi connectivity index (χ3n) is 2.74. The van der Waals surface area contributed by atoms with Gasteiger partial charge in [0, 0.05) is 19.7 Å². The van der Waals surface area contributed by atoms with E-state index < -0.39 is 12.7 Å². The molecule has 0 saturated carbocycles. The van der Waals surface area contributed by atoms with Gasteiger partial charge in [-0.15, -0.1) is 0 Å². The molecule has 1 aromatic rings. The first kappa shape index (κ1) is 17.7. The zero-order valence-electron chi connectivity index (χ0n) is 11.6. The second kappa shape index (κ2) is 8.84. The zero-order chi connectivity index (χ0) is 15.7. The van der Waals surface area contributed by atoms with E-state index in [9.17, 15) is 17.6 Å². The first-order chi connectivity index (χ1) is 9.90. The van der Waals surface area contributed by atoms with Crippen molar-refractivity contribution in [3.63, 3.8) is 0 Å². The predicted molar refractivity (Wildman–Crippen MR) is 70.7 cm³/mol. The fourth-order valence-electron chi connectivity index (χ4n) is 1.83. The van der Waals surface area contributed by atoms with Gasteiger partial charge in [0.05, 0.1) is 13.2 Å². The third kappa shape index (κ3) is 8.52. The molecule has 3 nitrogen and oxygen atoms in total. The van der Waals surface area contributed by atoms with Crippen LogP contribution >= 0.6 is 0 Å². The Balaban J connectivity index is 2.30. The van der Waals surface area contributed by atoms with Crippen molar-refractivity contribution in [1.29, 1.82) is 0 Å². The molecule has 0 aliphatic heterocycles. The number of ether oxygens (including phenoxy) is 1. The molecule has 0 spiro atoms. The highest BCUT2D eigenvalue weighted by molar-refractivity contribution is 5.21. The molecule has 0 saturated heterocycles. The lowest BCUT2D eigenvalue weighted by Crippen LogP contribution is -2.36. The van der Waals surface area contributed by atoms with E-state index >= 15 is 0 Å². The van der Waals surface area contributed by atoms with Crippen LogP contribution < -0.4 is 4.74 Å². The third-order valence-corrected chi connectivity index (χ3v) is 2.74. The van der Waals surface area contributed by atoms with E-state index in [1.165, 1.54) is 29.2 Å². The van der Waals surface area contributed by atoms with E-state index in [2.05, 4.69) is 0 Å². The topological polar surface area (TPSA) is 32.7 Å². The largest absolute Gasteiger partial charge is 0.494 e. The fourth-order valence-corrected chi connectivity index (χ4v) is 1.83. The maximum Gasteiger partial charge on any atom is 0.401 e. The van der Waals surface area contributed by atoms with E-state index in [0.717, 1.165) is 0 Å². The van der Waals surface area contributed by atoms with Gasteiger partial charge in [-0.3, -0.25) is 4.90 Å². The highest BCUT2D eigenvalue weighted by atomic mass is 19.4. The monoisotopic (exact) mass is 309 g/mol. The summed E-state index contributed by atoms with van der Waals surface area (Å²) in [4.78, 5) is 1.24. The fraction of sp³-hybridized carbons (Fsp3) is 0.571. The summed E-state index contributed by atoms with van der Waals surface area (Å²) in [7, 11) is 0. The van der Waals surface area contributed by atoms with Gasteiger partial charge in [0.25, 0.3) is 0 Å². The van der Waals surface area contributed by atoms with Gasteiger partial charge in [-0.05, 0) is 37.1 Å². The van der Waals surface area contributed by atoms with Crippen LogP contribution in [0.2, 0.25) is 0 Å². The summed E-state index contributed by atoms with van der Waals surface area (Å²) in [5.41, 5.74) is 0. The second-order valence-electron chi connectivity index (χ2n) is 4.62. The number of aliphatic hydroxyl groups is 1. The van der Waals surface area contributed by atoms with Crippen molar-refractivity contribution in [1.82, 2.24) is 4.90 Å². The molecule has 0 aliphatic carbocycles. The molecule has 1 aromatic carbocycles. The highest BCUT2D eigenvalue weighted by Crippen LogP contribution is 2.17. The first-order valence-electron chi connectivity index (χ1n) is 6.69. The quantitative estimate of drug-likeness (QED) is 0.562. The van der Waals surface area contributed by atoms with Crippen LogP contribution in [0.1, 0.15) is 12.8 Å². The number of alkyl halides is 3. The van der Waals surface area contributed by atoms with Crippen molar-refractivity contribution in [3.05, 3.63) is 30.1 Å². The molecule has 0 heterocycles. The number of hydrogen-bond donors (Lipinski definition) is 1. The smallest absolute Gasteiger partial charge is 0.401 e. The van der Waals surface area contributed by atoms with Crippen molar-refractivity contribution in [3.8, 4) is 5.75 Å². The van der Waals surface area contributed by atoms with Gasteiger partial charge >= 0.3 is 6.18 Å². The summed E-state index contributed by atoms with van der Waals surface area (Å²) in [6.45, 7) is -0.476. The van der Waals surface area contributed by atoms with Gasteiger partial charge in [-0.25, -0.2) is 4.39 Å². The molecular formula is C14H19F4NO2. The standard InChI is InChI=1S/C14H19F4NO2/c15-12-3-5-13(6-4-12)21-10-2-8-19(7-1-9-20)11-14(16,17)18/h3-6,20H,1-2,7-11H2. The molecule has 0 bridgehead atoms. The normalized spacial score (nSPS) is 11.9. The van der Waals surface area contributed by atoms with Crippen LogP contribution in [0.4, 0.5) is 17.6 Å². The molecule has 1 rings (SSSR count). The molecule has 7 heteroatoms. The molecule has 0 aliphatic rings. The maximum atomic E-state index is 12.7. The number of halogens is 4. The van der Waals surface area contributed by atoms with Gasteiger partial charge < -0.3 is 9.84 Å². The Morgan fingerprint density at radius 3 is 2.24 bits per heavy atom. The Kier molecular flexibility index (Phi) is 7.45. The van der Waals surface area contributed by atoms with Gasteiger partial charge in [-0.2, -0.15) is 13.2 Å². The molecule has 1 N–H and O–H groups in total. The van der Waals surface area contributed by atoms with Gasteiger partial charge in [-0.1, -0.05) is 0 Å². The Labute approximate surface area is 121 Å². The Bertz CT molecular complexity index is 395. The summed E-state index contributed by atoms with van der Waals surface area (Å²) in [5.74, 6) is 0.108. The minimum absolute atomic E-state index is 0.138. The molecular weight excluding hydrogens is 290 g/mol.